The Bertz CT molecular complexity index is 618. The van der Waals surface area contributed by atoms with Crippen molar-refractivity contribution in [2.45, 2.75) is 26.7 Å². The SMILES string of the molecule is CC(=O)C1(C(C)=O)Cc2ccc([C]3[CH][CH][CH][CH]3)cc2C1.[CH]1[CH][CH][CH][CH]1.[Fe+2]. The first-order valence-electron chi connectivity index (χ1n) is 8.55. The summed E-state index contributed by atoms with van der Waals surface area (Å²) in [6, 6.07) is 6.26. The molecule has 0 amide bonds. The van der Waals surface area contributed by atoms with E-state index in [1.807, 2.05) is 44.9 Å². The van der Waals surface area contributed by atoms with Crippen LogP contribution in [0.1, 0.15) is 30.5 Å². The van der Waals surface area contributed by atoms with Crippen LogP contribution in [0.15, 0.2) is 18.2 Å². The van der Waals surface area contributed by atoms with Crippen LogP contribution in [0, 0.1) is 69.1 Å². The number of hydrogen-bond donors (Lipinski definition) is 0. The van der Waals surface area contributed by atoms with Crippen molar-refractivity contribution >= 4 is 11.6 Å². The maximum Gasteiger partial charge on any atom is 2.00 e. The molecule has 132 valence electrons. The van der Waals surface area contributed by atoms with E-state index < -0.39 is 5.41 Å². The second-order valence-corrected chi connectivity index (χ2v) is 6.67. The molecule has 0 aromatic heterocycles. The molecule has 0 saturated heterocycles. The molecular weight excluding hydrogens is 364 g/mol. The molecule has 26 heavy (non-hydrogen) atoms. The molecule has 1 aromatic carbocycles. The zero-order chi connectivity index (χ0) is 17.9. The van der Waals surface area contributed by atoms with Crippen molar-refractivity contribution in [1.82, 2.24) is 0 Å². The number of carbonyl (C=O) groups is 2. The summed E-state index contributed by atoms with van der Waals surface area (Å²) in [5.74, 6) is 1.14. The van der Waals surface area contributed by atoms with Crippen LogP contribution in [0.4, 0.5) is 0 Å². The molecule has 0 unspecified atom stereocenters. The average Bonchev–Trinajstić information content (AvgIpc) is 3.35. The van der Waals surface area contributed by atoms with Crippen LogP contribution >= 0.6 is 0 Å². The first-order valence-corrected chi connectivity index (χ1v) is 8.55. The van der Waals surface area contributed by atoms with Gasteiger partial charge < -0.3 is 0 Å². The second-order valence-electron chi connectivity index (χ2n) is 6.67. The molecule has 1 aromatic rings. The fourth-order valence-electron chi connectivity index (χ4n) is 3.49. The normalized spacial score (nSPS) is 20.7. The van der Waals surface area contributed by atoms with E-state index >= 15 is 0 Å². The van der Waals surface area contributed by atoms with Gasteiger partial charge in [-0.25, -0.2) is 0 Å². The van der Waals surface area contributed by atoms with Crippen LogP contribution in [-0.2, 0) is 39.5 Å². The number of Topliss-reactive ketones (excluding diaryl/α,β-unsaturated/α-hetero) is 2. The predicted molar refractivity (Wildman–Crippen MR) is 98.7 cm³/mol. The van der Waals surface area contributed by atoms with Gasteiger partial charge in [0.2, 0.25) is 0 Å². The third-order valence-corrected chi connectivity index (χ3v) is 5.09. The Morgan fingerprint density at radius 3 is 1.77 bits per heavy atom. The standard InChI is InChI=1S/C18H17O2.C5H5.Fe/c1-12(19)18(13(2)20)10-16-8-7-15(9-17(16)11-18)14-5-3-4-6-14;1-2-4-5-3-1;/h3-9H,10-11H2,1-2H3;1-5H;/q;;+2. The first-order chi connectivity index (χ1) is 12.0. The van der Waals surface area contributed by atoms with Crippen LogP contribution in [-0.4, -0.2) is 11.6 Å². The monoisotopic (exact) mass is 386 g/mol. The summed E-state index contributed by atoms with van der Waals surface area (Å²) >= 11 is 0. The zero-order valence-electron chi connectivity index (χ0n) is 15.0. The van der Waals surface area contributed by atoms with Gasteiger partial charge in [-0.3, -0.25) is 9.59 Å². The minimum absolute atomic E-state index is 0. The van der Waals surface area contributed by atoms with Crippen LogP contribution in [0.25, 0.3) is 0 Å². The van der Waals surface area contributed by atoms with Crippen molar-refractivity contribution in [3.63, 3.8) is 0 Å². The summed E-state index contributed by atoms with van der Waals surface area (Å²) in [6.45, 7) is 3.07. The summed E-state index contributed by atoms with van der Waals surface area (Å²) in [5, 5.41) is 0. The summed E-state index contributed by atoms with van der Waals surface area (Å²) in [7, 11) is 0. The van der Waals surface area contributed by atoms with Crippen LogP contribution in [0.3, 0.4) is 0 Å². The van der Waals surface area contributed by atoms with Gasteiger partial charge in [-0.2, -0.15) is 0 Å². The molecule has 0 heterocycles. The van der Waals surface area contributed by atoms with Gasteiger partial charge in [-0.1, -0.05) is 18.2 Å². The second kappa shape index (κ2) is 9.33. The molecule has 0 atom stereocenters. The number of rotatable bonds is 3. The Morgan fingerprint density at radius 1 is 0.769 bits per heavy atom. The molecule has 4 rings (SSSR count). The van der Waals surface area contributed by atoms with Gasteiger partial charge in [0.1, 0.15) is 11.6 Å². The van der Waals surface area contributed by atoms with E-state index in [2.05, 4.69) is 31.0 Å². The third kappa shape index (κ3) is 4.49. The smallest absolute Gasteiger partial charge is 0.299 e. The largest absolute Gasteiger partial charge is 2.00 e. The van der Waals surface area contributed by atoms with Crippen molar-refractivity contribution in [3.8, 4) is 0 Å². The number of benzene rings is 1. The molecule has 3 aliphatic rings. The summed E-state index contributed by atoms with van der Waals surface area (Å²) in [5.41, 5.74) is 2.59. The van der Waals surface area contributed by atoms with Crippen LogP contribution < -0.4 is 0 Å². The van der Waals surface area contributed by atoms with Crippen molar-refractivity contribution in [1.29, 1.82) is 0 Å². The van der Waals surface area contributed by atoms with Crippen molar-refractivity contribution in [3.05, 3.63) is 98.6 Å². The number of ketones is 2. The van der Waals surface area contributed by atoms with Crippen molar-refractivity contribution in [2.24, 2.45) is 5.41 Å². The van der Waals surface area contributed by atoms with Gasteiger partial charge >= 0.3 is 17.1 Å². The molecule has 10 radical (unpaired) electrons. The fourth-order valence-corrected chi connectivity index (χ4v) is 3.49. The Balaban J connectivity index is 0.000000351. The van der Waals surface area contributed by atoms with Gasteiger partial charge in [0.15, 0.2) is 0 Å². The van der Waals surface area contributed by atoms with Gasteiger partial charge in [0.25, 0.3) is 0 Å². The van der Waals surface area contributed by atoms with E-state index in [1.54, 1.807) is 0 Å². The van der Waals surface area contributed by atoms with E-state index in [0.717, 1.165) is 16.7 Å². The predicted octanol–water partition coefficient (Wildman–Crippen LogP) is 3.72. The molecule has 2 nitrogen and oxygen atoms in total. The number of carbonyl (C=O) groups excluding carboxylic acids is 2. The number of hydrogen-bond acceptors (Lipinski definition) is 2. The van der Waals surface area contributed by atoms with Gasteiger partial charge in [-0.05, 0) is 101 Å². The van der Waals surface area contributed by atoms with E-state index in [1.165, 1.54) is 19.8 Å². The molecule has 0 spiro atoms. The average molecular weight is 386 g/mol. The van der Waals surface area contributed by atoms with Gasteiger partial charge in [-0.15, -0.1) is 0 Å². The summed E-state index contributed by atoms with van der Waals surface area (Å²) < 4.78 is 0. The summed E-state index contributed by atoms with van der Waals surface area (Å²) in [6.07, 6.45) is 19.3. The van der Waals surface area contributed by atoms with Gasteiger partial charge in [0, 0.05) is 5.92 Å². The first kappa shape index (κ1) is 21.4. The minimum atomic E-state index is -0.826. The fraction of sp³-hybridized carbons (Fsp3) is 0.217. The van der Waals surface area contributed by atoms with Crippen molar-refractivity contribution in [2.75, 3.05) is 0 Å². The molecule has 2 fully saturated rings. The minimum Gasteiger partial charge on any atom is -0.299 e. The quantitative estimate of drug-likeness (QED) is 0.586. The Labute approximate surface area is 169 Å². The molecular formula is C23H22FeO2+2. The zero-order valence-corrected chi connectivity index (χ0v) is 16.1. The maximum absolute atomic E-state index is 12.0. The molecule has 0 bridgehead atoms. The van der Waals surface area contributed by atoms with Crippen molar-refractivity contribution < 1.29 is 26.7 Å². The van der Waals surface area contributed by atoms with E-state index in [4.69, 9.17) is 0 Å². The topological polar surface area (TPSA) is 34.1 Å². The van der Waals surface area contributed by atoms with E-state index in [-0.39, 0.29) is 28.6 Å². The summed E-state index contributed by atoms with van der Waals surface area (Å²) in [4.78, 5) is 23.9. The van der Waals surface area contributed by atoms with Crippen LogP contribution in [0.2, 0.25) is 0 Å². The van der Waals surface area contributed by atoms with E-state index in [9.17, 15) is 9.59 Å². The third-order valence-electron chi connectivity index (χ3n) is 5.09. The number of fused-ring (bicyclic) bond motifs is 1. The Morgan fingerprint density at radius 2 is 1.27 bits per heavy atom. The molecule has 3 aliphatic carbocycles. The van der Waals surface area contributed by atoms with Crippen LogP contribution in [0.5, 0.6) is 0 Å². The molecule has 0 N–H and O–H groups in total. The van der Waals surface area contributed by atoms with E-state index in [0.29, 0.717) is 12.8 Å². The molecule has 0 aliphatic heterocycles. The molecule has 3 heteroatoms. The Kier molecular flexibility index (Phi) is 7.67. The Hall–Kier alpha value is -0.921. The maximum atomic E-state index is 12.0. The molecule has 2 saturated carbocycles. The van der Waals surface area contributed by atoms with Gasteiger partial charge in [0.05, 0.1) is 5.41 Å².